The van der Waals surface area contributed by atoms with Gasteiger partial charge in [-0.15, -0.1) is 16.4 Å². The van der Waals surface area contributed by atoms with Crippen molar-refractivity contribution in [1.29, 1.82) is 0 Å². The molecule has 3 rings (SSSR count). The first-order valence-electron chi connectivity index (χ1n) is 6.01. The summed E-state index contributed by atoms with van der Waals surface area (Å²) in [5.41, 5.74) is 0.944. The molecule has 0 fully saturated rings. The maximum Gasteiger partial charge on any atom is 0.153 e. The second kappa shape index (κ2) is 5.23. The van der Waals surface area contributed by atoms with Gasteiger partial charge in [-0.2, -0.15) is 0 Å². The van der Waals surface area contributed by atoms with E-state index in [1.807, 2.05) is 26.2 Å². The molecule has 1 atom stereocenters. The molecule has 0 bridgehead atoms. The number of thiophene rings is 1. The van der Waals surface area contributed by atoms with Gasteiger partial charge in [0.05, 0.1) is 11.7 Å². The highest BCUT2D eigenvalue weighted by Gasteiger charge is 2.22. The zero-order chi connectivity index (χ0) is 14.3. The smallest absolute Gasteiger partial charge is 0.153 e. The van der Waals surface area contributed by atoms with E-state index in [1.165, 1.54) is 6.07 Å². The first kappa shape index (κ1) is 13.7. The molecule has 0 aliphatic heterocycles. The Morgan fingerprint density at radius 3 is 2.85 bits per heavy atom. The van der Waals surface area contributed by atoms with E-state index in [0.717, 1.165) is 20.7 Å². The van der Waals surface area contributed by atoms with Crippen molar-refractivity contribution in [1.82, 2.24) is 20.3 Å². The standard InChI is InChI=1S/C13H12BrFN4S/c1-16-11(12-13(14)17-18-19(12)2)10-6-7-5-8(15)3-4-9(7)20-10/h3-6,11,16H,1-2H3. The molecule has 7 heteroatoms. The summed E-state index contributed by atoms with van der Waals surface area (Å²) in [5, 5.41) is 12.2. The van der Waals surface area contributed by atoms with E-state index in [2.05, 4.69) is 31.6 Å². The van der Waals surface area contributed by atoms with Gasteiger partial charge in [0, 0.05) is 16.6 Å². The Morgan fingerprint density at radius 2 is 2.20 bits per heavy atom. The van der Waals surface area contributed by atoms with Crippen LogP contribution < -0.4 is 5.32 Å². The molecule has 0 amide bonds. The maximum absolute atomic E-state index is 13.3. The fraction of sp³-hybridized carbons (Fsp3) is 0.231. The van der Waals surface area contributed by atoms with E-state index in [9.17, 15) is 4.39 Å². The van der Waals surface area contributed by atoms with Gasteiger partial charge in [-0.1, -0.05) is 5.21 Å². The molecule has 20 heavy (non-hydrogen) atoms. The summed E-state index contributed by atoms with van der Waals surface area (Å²) in [6, 6.07) is 6.81. The van der Waals surface area contributed by atoms with Crippen molar-refractivity contribution in [2.24, 2.45) is 7.05 Å². The van der Waals surface area contributed by atoms with E-state index in [0.29, 0.717) is 4.60 Å². The van der Waals surface area contributed by atoms with Gasteiger partial charge >= 0.3 is 0 Å². The molecule has 0 radical (unpaired) electrons. The van der Waals surface area contributed by atoms with Gasteiger partial charge in [0.1, 0.15) is 5.82 Å². The topological polar surface area (TPSA) is 42.7 Å². The maximum atomic E-state index is 13.3. The average Bonchev–Trinajstić information content (AvgIpc) is 2.97. The van der Waals surface area contributed by atoms with Gasteiger partial charge in [0.25, 0.3) is 0 Å². The van der Waals surface area contributed by atoms with Gasteiger partial charge in [0.2, 0.25) is 0 Å². The minimum absolute atomic E-state index is 0.0372. The lowest BCUT2D eigenvalue weighted by atomic mass is 10.1. The van der Waals surface area contributed by atoms with Gasteiger partial charge in [0.15, 0.2) is 4.60 Å². The van der Waals surface area contributed by atoms with Crippen molar-refractivity contribution in [2.75, 3.05) is 7.05 Å². The minimum atomic E-state index is -0.216. The molecule has 0 saturated carbocycles. The van der Waals surface area contributed by atoms with E-state index in [4.69, 9.17) is 0 Å². The second-order valence-corrected chi connectivity index (χ2v) is 6.31. The zero-order valence-electron chi connectivity index (χ0n) is 10.9. The number of hydrogen-bond donors (Lipinski definition) is 1. The number of benzene rings is 1. The van der Waals surface area contributed by atoms with Gasteiger partial charge in [-0.25, -0.2) is 9.07 Å². The third kappa shape index (κ3) is 2.25. The molecule has 0 saturated heterocycles. The predicted molar refractivity (Wildman–Crippen MR) is 81.4 cm³/mol. The average molecular weight is 355 g/mol. The number of rotatable bonds is 3. The molecule has 2 aromatic heterocycles. The van der Waals surface area contributed by atoms with Crippen LogP contribution >= 0.6 is 27.3 Å². The SMILES string of the molecule is CNC(c1cc2cc(F)ccc2s1)c1c(Br)nnn1C. The Balaban J connectivity index is 2.12. The first-order chi connectivity index (χ1) is 9.60. The highest BCUT2D eigenvalue weighted by atomic mass is 79.9. The van der Waals surface area contributed by atoms with Crippen LogP contribution in [0.3, 0.4) is 0 Å². The Bertz CT molecular complexity index is 747. The summed E-state index contributed by atoms with van der Waals surface area (Å²) in [6.07, 6.45) is 0. The Morgan fingerprint density at radius 1 is 1.40 bits per heavy atom. The number of aromatic nitrogens is 3. The van der Waals surface area contributed by atoms with Crippen molar-refractivity contribution in [2.45, 2.75) is 6.04 Å². The van der Waals surface area contributed by atoms with Gasteiger partial charge in [-0.05, 0) is 52.6 Å². The number of halogens is 2. The molecule has 1 aromatic carbocycles. The van der Waals surface area contributed by atoms with Crippen LogP contribution in [0.1, 0.15) is 16.6 Å². The minimum Gasteiger partial charge on any atom is -0.307 e. The van der Waals surface area contributed by atoms with E-state index < -0.39 is 0 Å². The number of aryl methyl sites for hydroxylation is 1. The summed E-state index contributed by atoms with van der Waals surface area (Å²) in [6.45, 7) is 0. The van der Waals surface area contributed by atoms with Crippen LogP contribution in [0.5, 0.6) is 0 Å². The molecule has 4 nitrogen and oxygen atoms in total. The number of nitrogens with zero attached hydrogens (tertiary/aromatic N) is 3. The first-order valence-corrected chi connectivity index (χ1v) is 7.62. The van der Waals surface area contributed by atoms with E-state index >= 15 is 0 Å². The third-order valence-corrected chi connectivity index (χ3v) is 4.92. The fourth-order valence-electron chi connectivity index (χ4n) is 2.24. The van der Waals surface area contributed by atoms with Crippen molar-refractivity contribution in [3.63, 3.8) is 0 Å². The molecule has 1 N–H and O–H groups in total. The predicted octanol–water partition coefficient (Wildman–Crippen LogP) is 3.24. The van der Waals surface area contributed by atoms with Crippen LogP contribution in [0.2, 0.25) is 0 Å². The third-order valence-electron chi connectivity index (χ3n) is 3.17. The lowest BCUT2D eigenvalue weighted by Crippen LogP contribution is -2.20. The zero-order valence-corrected chi connectivity index (χ0v) is 13.3. The number of hydrogen-bond acceptors (Lipinski definition) is 4. The summed E-state index contributed by atoms with van der Waals surface area (Å²) in [5.74, 6) is -0.216. The van der Waals surface area contributed by atoms with Gasteiger partial charge < -0.3 is 5.32 Å². The van der Waals surface area contributed by atoms with Crippen LogP contribution in [-0.2, 0) is 7.05 Å². The van der Waals surface area contributed by atoms with Gasteiger partial charge in [-0.3, -0.25) is 0 Å². The summed E-state index contributed by atoms with van der Waals surface area (Å²) < 4.78 is 16.8. The molecule has 2 heterocycles. The van der Waals surface area contributed by atoms with Crippen molar-refractivity contribution >= 4 is 37.4 Å². The normalized spacial score (nSPS) is 13.0. The lowest BCUT2D eigenvalue weighted by Gasteiger charge is -2.14. The monoisotopic (exact) mass is 354 g/mol. The Kier molecular flexibility index (Phi) is 3.57. The van der Waals surface area contributed by atoms with E-state index in [-0.39, 0.29) is 11.9 Å². The molecule has 0 spiro atoms. The Labute approximate surface area is 127 Å². The van der Waals surface area contributed by atoms with Crippen molar-refractivity contribution < 1.29 is 4.39 Å². The van der Waals surface area contributed by atoms with E-state index in [1.54, 1.807) is 22.1 Å². The Hall–Kier alpha value is -1.31. The molecule has 0 aliphatic rings. The summed E-state index contributed by atoms with van der Waals surface area (Å²) in [7, 11) is 3.74. The lowest BCUT2D eigenvalue weighted by molar-refractivity contribution is 0.603. The fourth-order valence-corrected chi connectivity index (χ4v) is 3.95. The second-order valence-electron chi connectivity index (χ2n) is 4.44. The molecule has 3 aromatic rings. The van der Waals surface area contributed by atoms with Crippen LogP contribution in [0.15, 0.2) is 28.9 Å². The van der Waals surface area contributed by atoms with Crippen molar-refractivity contribution in [3.8, 4) is 0 Å². The molecule has 104 valence electrons. The molecule has 1 unspecified atom stereocenters. The molecule has 0 aliphatic carbocycles. The molecular weight excluding hydrogens is 343 g/mol. The van der Waals surface area contributed by atoms with Crippen LogP contribution in [0, 0.1) is 5.82 Å². The summed E-state index contributed by atoms with van der Waals surface area (Å²) in [4.78, 5) is 1.10. The molecular formula is C13H12BrFN4S. The highest BCUT2D eigenvalue weighted by Crippen LogP contribution is 2.34. The number of fused-ring (bicyclic) bond motifs is 1. The summed E-state index contributed by atoms with van der Waals surface area (Å²) >= 11 is 5.06. The van der Waals surface area contributed by atoms with Crippen LogP contribution in [0.25, 0.3) is 10.1 Å². The van der Waals surface area contributed by atoms with Crippen LogP contribution in [-0.4, -0.2) is 22.0 Å². The van der Waals surface area contributed by atoms with Crippen LogP contribution in [0.4, 0.5) is 4.39 Å². The number of nitrogens with one attached hydrogen (secondary N) is 1. The quantitative estimate of drug-likeness (QED) is 0.784. The largest absolute Gasteiger partial charge is 0.307 e. The van der Waals surface area contributed by atoms with Crippen molar-refractivity contribution in [3.05, 3.63) is 45.3 Å². The highest BCUT2D eigenvalue weighted by molar-refractivity contribution is 9.10.